The smallest absolute Gasteiger partial charge is 0.272 e. The number of hydrogen-bond donors (Lipinski definition) is 3. The van der Waals surface area contributed by atoms with Crippen molar-refractivity contribution >= 4 is 29.1 Å². The summed E-state index contributed by atoms with van der Waals surface area (Å²) in [6, 6.07) is 3.86. The Bertz CT molecular complexity index is 790. The van der Waals surface area contributed by atoms with Crippen LogP contribution >= 0.6 is 11.6 Å². The topological polar surface area (TPSA) is 86.9 Å². The van der Waals surface area contributed by atoms with Crippen molar-refractivity contribution in [3.8, 4) is 0 Å². The molecule has 0 radical (unpaired) electrons. The second kappa shape index (κ2) is 7.00. The highest BCUT2D eigenvalue weighted by atomic mass is 35.5. The van der Waals surface area contributed by atoms with Crippen LogP contribution in [0.2, 0.25) is 5.02 Å². The van der Waals surface area contributed by atoms with Crippen molar-refractivity contribution in [2.75, 3.05) is 11.9 Å². The Hall–Kier alpha value is -2.41. The highest BCUT2D eigenvalue weighted by Crippen LogP contribution is 2.22. The molecule has 24 heavy (non-hydrogen) atoms. The van der Waals surface area contributed by atoms with E-state index in [0.29, 0.717) is 11.4 Å². The quantitative estimate of drug-likeness (QED) is 0.791. The first-order valence-corrected chi connectivity index (χ1v) is 8.01. The lowest BCUT2D eigenvalue weighted by Crippen LogP contribution is -2.33. The molecule has 6 nitrogen and oxygen atoms in total. The van der Waals surface area contributed by atoms with Gasteiger partial charge in [-0.05, 0) is 43.9 Å². The van der Waals surface area contributed by atoms with E-state index < -0.39 is 11.7 Å². The maximum Gasteiger partial charge on any atom is 0.272 e. The lowest BCUT2D eigenvalue weighted by atomic mass is 9.96. The molecule has 3 N–H and O–H groups in total. The zero-order valence-corrected chi connectivity index (χ0v) is 13.5. The van der Waals surface area contributed by atoms with E-state index in [1.807, 2.05) is 0 Å². The first-order valence-electron chi connectivity index (χ1n) is 7.64. The SMILES string of the molecule is O=C(CNC(=O)c1n[nH]c2c1CCCC2)Nc1ccc(F)c(Cl)c1. The fourth-order valence-corrected chi connectivity index (χ4v) is 2.87. The number of fused-ring (bicyclic) bond motifs is 1. The number of carbonyl (C=O) groups is 2. The molecule has 3 rings (SSSR count). The molecule has 0 saturated heterocycles. The minimum atomic E-state index is -0.564. The number of aromatic amines is 1. The van der Waals surface area contributed by atoms with E-state index in [4.69, 9.17) is 11.6 Å². The van der Waals surface area contributed by atoms with Crippen LogP contribution in [-0.4, -0.2) is 28.6 Å². The molecule has 126 valence electrons. The molecular weight excluding hydrogens is 335 g/mol. The van der Waals surface area contributed by atoms with Crippen molar-refractivity contribution in [2.24, 2.45) is 0 Å². The molecule has 1 aromatic carbocycles. The van der Waals surface area contributed by atoms with Gasteiger partial charge in [0.2, 0.25) is 5.91 Å². The third-order valence-electron chi connectivity index (χ3n) is 3.88. The second-order valence-electron chi connectivity index (χ2n) is 5.60. The molecule has 1 heterocycles. The molecule has 8 heteroatoms. The fraction of sp³-hybridized carbons (Fsp3) is 0.312. The van der Waals surface area contributed by atoms with Gasteiger partial charge in [0.05, 0.1) is 11.6 Å². The average Bonchev–Trinajstić information content (AvgIpc) is 3.00. The number of nitrogens with one attached hydrogen (secondary N) is 3. The number of nitrogens with zero attached hydrogens (tertiary/aromatic N) is 1. The normalized spacial score (nSPS) is 13.2. The maximum absolute atomic E-state index is 13.1. The van der Waals surface area contributed by atoms with Crippen LogP contribution in [-0.2, 0) is 17.6 Å². The van der Waals surface area contributed by atoms with Crippen molar-refractivity contribution in [1.82, 2.24) is 15.5 Å². The van der Waals surface area contributed by atoms with Crippen LogP contribution in [0.3, 0.4) is 0 Å². The number of H-pyrrole nitrogens is 1. The zero-order valence-electron chi connectivity index (χ0n) is 12.8. The highest BCUT2D eigenvalue weighted by Gasteiger charge is 2.21. The molecule has 1 aromatic heterocycles. The van der Waals surface area contributed by atoms with Gasteiger partial charge in [-0.3, -0.25) is 14.7 Å². The van der Waals surface area contributed by atoms with Crippen LogP contribution in [0.25, 0.3) is 0 Å². The van der Waals surface area contributed by atoms with E-state index in [-0.39, 0.29) is 17.5 Å². The van der Waals surface area contributed by atoms with E-state index in [1.54, 1.807) is 0 Å². The van der Waals surface area contributed by atoms with E-state index in [0.717, 1.165) is 43.0 Å². The van der Waals surface area contributed by atoms with Crippen molar-refractivity contribution in [2.45, 2.75) is 25.7 Å². The molecule has 0 unspecified atom stereocenters. The average molecular weight is 351 g/mol. The number of amides is 2. The fourth-order valence-electron chi connectivity index (χ4n) is 2.69. The monoisotopic (exact) mass is 350 g/mol. The van der Waals surface area contributed by atoms with Crippen LogP contribution in [0, 0.1) is 5.82 Å². The van der Waals surface area contributed by atoms with Gasteiger partial charge in [-0.2, -0.15) is 5.10 Å². The summed E-state index contributed by atoms with van der Waals surface area (Å²) in [6.07, 6.45) is 3.81. The summed E-state index contributed by atoms with van der Waals surface area (Å²) in [5, 5.41) is 11.9. The van der Waals surface area contributed by atoms with E-state index in [9.17, 15) is 14.0 Å². The van der Waals surface area contributed by atoms with Crippen molar-refractivity contribution in [3.05, 3.63) is 46.0 Å². The molecular formula is C16H16ClFN4O2. The Balaban J connectivity index is 1.57. The highest BCUT2D eigenvalue weighted by molar-refractivity contribution is 6.31. The van der Waals surface area contributed by atoms with Gasteiger partial charge in [-0.25, -0.2) is 4.39 Å². The number of benzene rings is 1. The van der Waals surface area contributed by atoms with Crippen LogP contribution in [0.4, 0.5) is 10.1 Å². The van der Waals surface area contributed by atoms with Crippen LogP contribution < -0.4 is 10.6 Å². The Labute approximate surface area is 142 Å². The molecule has 0 spiro atoms. The molecule has 0 saturated carbocycles. The Morgan fingerprint density at radius 3 is 2.88 bits per heavy atom. The van der Waals surface area contributed by atoms with Gasteiger partial charge < -0.3 is 10.6 Å². The van der Waals surface area contributed by atoms with Gasteiger partial charge >= 0.3 is 0 Å². The van der Waals surface area contributed by atoms with Crippen molar-refractivity contribution in [1.29, 1.82) is 0 Å². The molecule has 2 amide bonds. The van der Waals surface area contributed by atoms with Crippen molar-refractivity contribution < 1.29 is 14.0 Å². The number of carbonyl (C=O) groups excluding carboxylic acids is 2. The Morgan fingerprint density at radius 1 is 1.29 bits per heavy atom. The summed E-state index contributed by atoms with van der Waals surface area (Å²) in [7, 11) is 0. The lowest BCUT2D eigenvalue weighted by Gasteiger charge is -2.11. The van der Waals surface area contributed by atoms with Crippen LogP contribution in [0.5, 0.6) is 0 Å². The molecule has 0 fully saturated rings. The van der Waals surface area contributed by atoms with Gasteiger partial charge in [-0.1, -0.05) is 11.6 Å². The lowest BCUT2D eigenvalue weighted by molar-refractivity contribution is -0.115. The standard InChI is InChI=1S/C16H16ClFN4O2/c17-11-7-9(5-6-12(11)18)20-14(23)8-19-16(24)15-10-3-1-2-4-13(10)21-22-15/h5-7H,1-4,8H2,(H,19,24)(H,20,23)(H,21,22). The summed E-state index contributed by atoms with van der Waals surface area (Å²) < 4.78 is 13.1. The predicted octanol–water partition coefficient (Wildman–Crippen LogP) is 2.45. The molecule has 1 aliphatic rings. The van der Waals surface area contributed by atoms with Gasteiger partial charge in [0.25, 0.3) is 5.91 Å². The van der Waals surface area contributed by atoms with Crippen LogP contribution in [0.1, 0.15) is 34.6 Å². The minimum Gasteiger partial charge on any atom is -0.342 e. The van der Waals surface area contributed by atoms with Gasteiger partial charge in [0.15, 0.2) is 5.69 Å². The largest absolute Gasteiger partial charge is 0.342 e. The summed E-state index contributed by atoms with van der Waals surface area (Å²) in [4.78, 5) is 24.1. The Morgan fingerprint density at radius 2 is 2.08 bits per heavy atom. The third-order valence-corrected chi connectivity index (χ3v) is 4.17. The molecule has 2 aromatic rings. The number of aryl methyl sites for hydroxylation is 1. The first kappa shape index (κ1) is 16.4. The van der Waals surface area contributed by atoms with Crippen LogP contribution in [0.15, 0.2) is 18.2 Å². The number of hydrogen-bond acceptors (Lipinski definition) is 3. The molecule has 0 atom stereocenters. The first-order chi connectivity index (χ1) is 11.5. The third kappa shape index (κ3) is 3.56. The Kier molecular flexibility index (Phi) is 4.80. The molecule has 0 bridgehead atoms. The number of aromatic nitrogens is 2. The zero-order chi connectivity index (χ0) is 17.1. The van der Waals surface area contributed by atoms with E-state index in [1.165, 1.54) is 12.1 Å². The van der Waals surface area contributed by atoms with Gasteiger partial charge in [-0.15, -0.1) is 0 Å². The summed E-state index contributed by atoms with van der Waals surface area (Å²) in [5.41, 5.74) is 2.64. The van der Waals surface area contributed by atoms with Gasteiger partial charge in [0, 0.05) is 16.9 Å². The predicted molar refractivity (Wildman–Crippen MR) is 87.6 cm³/mol. The second-order valence-corrected chi connectivity index (χ2v) is 6.00. The summed E-state index contributed by atoms with van der Waals surface area (Å²) in [5.74, 6) is -1.39. The maximum atomic E-state index is 13.1. The van der Waals surface area contributed by atoms with Gasteiger partial charge in [0.1, 0.15) is 5.82 Å². The number of anilines is 1. The van der Waals surface area contributed by atoms with E-state index in [2.05, 4.69) is 20.8 Å². The summed E-state index contributed by atoms with van der Waals surface area (Å²) >= 11 is 5.65. The number of halogens is 2. The van der Waals surface area contributed by atoms with Crippen molar-refractivity contribution in [3.63, 3.8) is 0 Å². The summed E-state index contributed by atoms with van der Waals surface area (Å²) in [6.45, 7) is -0.213. The molecule has 1 aliphatic carbocycles. The minimum absolute atomic E-state index is 0.0833. The molecule has 0 aliphatic heterocycles. The van der Waals surface area contributed by atoms with E-state index >= 15 is 0 Å². The number of rotatable bonds is 4.